The lowest BCUT2D eigenvalue weighted by Gasteiger charge is -2.21. The van der Waals surface area contributed by atoms with Crippen LogP contribution in [0.1, 0.15) is 22.0 Å². The topological polar surface area (TPSA) is 100 Å². The average molecular weight is 530 g/mol. The quantitative estimate of drug-likeness (QED) is 0.327. The van der Waals surface area contributed by atoms with Gasteiger partial charge in [-0.3, -0.25) is 14.7 Å². The molecule has 4 aromatic carbocycles. The summed E-state index contributed by atoms with van der Waals surface area (Å²) in [6.07, 6.45) is 0.514. The van der Waals surface area contributed by atoms with E-state index in [-0.39, 0.29) is 18.3 Å². The van der Waals surface area contributed by atoms with E-state index in [1.165, 1.54) is 4.90 Å². The highest BCUT2D eigenvalue weighted by atomic mass is 16.5. The van der Waals surface area contributed by atoms with Crippen molar-refractivity contribution in [2.75, 3.05) is 18.6 Å². The second-order valence-corrected chi connectivity index (χ2v) is 9.60. The molecule has 0 bridgehead atoms. The van der Waals surface area contributed by atoms with Crippen molar-refractivity contribution in [3.63, 3.8) is 0 Å². The van der Waals surface area contributed by atoms with Crippen LogP contribution in [0.15, 0.2) is 103 Å². The van der Waals surface area contributed by atoms with Crippen LogP contribution in [-0.2, 0) is 11.2 Å². The van der Waals surface area contributed by atoms with Crippen molar-refractivity contribution in [3.8, 4) is 28.0 Å². The molecule has 1 aliphatic heterocycles. The Morgan fingerprint density at radius 2 is 1.60 bits per heavy atom. The van der Waals surface area contributed by atoms with Crippen LogP contribution >= 0.6 is 0 Å². The molecule has 0 spiro atoms. The minimum Gasteiger partial charge on any atom is -0.489 e. The minimum atomic E-state index is -0.902. The second-order valence-electron chi connectivity index (χ2n) is 9.60. The molecule has 0 saturated heterocycles. The van der Waals surface area contributed by atoms with Crippen LogP contribution in [0, 0.1) is 0 Å². The molecule has 198 valence electrons. The Labute approximate surface area is 231 Å². The normalized spacial score (nSPS) is 14.7. The number of likely N-dealkylation sites (N-methyl/N-ethyl adjacent to an activating group) is 1. The lowest BCUT2D eigenvalue weighted by molar-refractivity contribution is -0.120. The summed E-state index contributed by atoms with van der Waals surface area (Å²) in [4.78, 5) is 32.2. The molecule has 0 aliphatic carbocycles. The average Bonchev–Trinajstić information content (AvgIpc) is 3.44. The third kappa shape index (κ3) is 5.07. The number of hydrogen-bond donors (Lipinski definition) is 2. The summed E-state index contributed by atoms with van der Waals surface area (Å²) < 4.78 is 6.00. The highest BCUT2D eigenvalue weighted by Gasteiger charge is 2.32. The number of aromatic amines is 1. The number of nitrogens with one attached hydrogen (secondary N) is 2. The van der Waals surface area contributed by atoms with Crippen molar-refractivity contribution in [2.45, 2.75) is 12.5 Å². The number of carbonyl (C=O) groups is 2. The van der Waals surface area contributed by atoms with Crippen molar-refractivity contribution < 1.29 is 14.3 Å². The molecule has 2 heterocycles. The molecule has 8 heteroatoms. The van der Waals surface area contributed by atoms with Crippen molar-refractivity contribution in [1.82, 2.24) is 20.5 Å². The number of hydrogen-bond acceptors (Lipinski definition) is 5. The van der Waals surface area contributed by atoms with Crippen molar-refractivity contribution in [3.05, 3.63) is 120 Å². The van der Waals surface area contributed by atoms with E-state index in [0.29, 0.717) is 23.7 Å². The van der Waals surface area contributed by atoms with Gasteiger partial charge in [-0.1, -0.05) is 91.0 Å². The highest BCUT2D eigenvalue weighted by molar-refractivity contribution is 6.03. The first-order valence-corrected chi connectivity index (χ1v) is 13.0. The number of nitrogens with zero attached hydrogens (tertiary/aromatic N) is 3. The Balaban J connectivity index is 1.20. The van der Waals surface area contributed by atoms with Gasteiger partial charge < -0.3 is 15.0 Å². The van der Waals surface area contributed by atoms with Gasteiger partial charge >= 0.3 is 0 Å². The number of ether oxygens (including phenoxy) is 1. The molecule has 5 aromatic rings. The Hall–Kier alpha value is -5.24. The van der Waals surface area contributed by atoms with E-state index < -0.39 is 11.9 Å². The van der Waals surface area contributed by atoms with Crippen LogP contribution in [0.2, 0.25) is 0 Å². The number of anilines is 1. The molecule has 1 aromatic heterocycles. The summed E-state index contributed by atoms with van der Waals surface area (Å²) in [5.41, 5.74) is 5.87. The molecule has 2 amide bonds. The number of benzene rings is 4. The number of carbonyl (C=O) groups excluding carboxylic acids is 2. The van der Waals surface area contributed by atoms with E-state index in [1.807, 2.05) is 78.9 Å². The van der Waals surface area contributed by atoms with Gasteiger partial charge in [-0.2, -0.15) is 0 Å². The van der Waals surface area contributed by atoms with Crippen LogP contribution in [0.25, 0.3) is 22.3 Å². The molecule has 1 aliphatic rings. The first kappa shape index (κ1) is 25.1. The zero-order valence-electron chi connectivity index (χ0n) is 21.9. The molecule has 0 fully saturated rings. The Morgan fingerprint density at radius 1 is 0.925 bits per heavy atom. The van der Waals surface area contributed by atoms with Gasteiger partial charge in [0.15, 0.2) is 0 Å². The van der Waals surface area contributed by atoms with E-state index in [4.69, 9.17) is 4.74 Å². The van der Waals surface area contributed by atoms with Gasteiger partial charge in [-0.25, -0.2) is 4.98 Å². The van der Waals surface area contributed by atoms with E-state index >= 15 is 0 Å². The van der Waals surface area contributed by atoms with Gasteiger partial charge in [0.2, 0.25) is 5.82 Å². The number of amides is 2. The molecule has 2 N–H and O–H groups in total. The van der Waals surface area contributed by atoms with Crippen LogP contribution in [-0.4, -0.2) is 46.7 Å². The second kappa shape index (κ2) is 10.9. The first-order valence-electron chi connectivity index (χ1n) is 13.0. The smallest absolute Gasteiger partial charge is 0.291 e. The molecular formula is C32H27N5O3. The van der Waals surface area contributed by atoms with E-state index in [1.54, 1.807) is 7.05 Å². The van der Waals surface area contributed by atoms with E-state index in [9.17, 15) is 9.59 Å². The van der Waals surface area contributed by atoms with Gasteiger partial charge in [-0.15, -0.1) is 5.10 Å². The van der Waals surface area contributed by atoms with Crippen molar-refractivity contribution >= 4 is 17.5 Å². The largest absolute Gasteiger partial charge is 0.489 e. The van der Waals surface area contributed by atoms with Gasteiger partial charge in [0.05, 0.1) is 5.69 Å². The summed E-state index contributed by atoms with van der Waals surface area (Å²) >= 11 is 0. The lowest BCUT2D eigenvalue weighted by Crippen LogP contribution is -2.49. The van der Waals surface area contributed by atoms with Crippen LogP contribution in [0.3, 0.4) is 0 Å². The van der Waals surface area contributed by atoms with Crippen molar-refractivity contribution in [2.24, 2.45) is 0 Å². The SMILES string of the molecule is CN1C(=O)[C@@H](NC(=O)c2n[nH]c(Cc3ccccc3)n2)COc2ccc(-c3ccccc3-c3ccccc3)cc21. The minimum absolute atomic E-state index is 0.0108. The summed E-state index contributed by atoms with van der Waals surface area (Å²) in [5, 5.41) is 9.60. The van der Waals surface area contributed by atoms with Gasteiger partial charge in [0.25, 0.3) is 11.8 Å². The zero-order chi connectivity index (χ0) is 27.5. The molecule has 0 saturated carbocycles. The molecule has 6 rings (SSSR count). The fourth-order valence-electron chi connectivity index (χ4n) is 4.86. The third-order valence-corrected chi connectivity index (χ3v) is 6.93. The van der Waals surface area contributed by atoms with Crippen molar-refractivity contribution in [1.29, 1.82) is 0 Å². The Morgan fingerprint density at radius 3 is 2.35 bits per heavy atom. The number of fused-ring (bicyclic) bond motifs is 1. The molecule has 8 nitrogen and oxygen atoms in total. The summed E-state index contributed by atoms with van der Waals surface area (Å²) in [6, 6.07) is 33.0. The number of H-pyrrole nitrogens is 1. The van der Waals surface area contributed by atoms with E-state index in [0.717, 1.165) is 27.8 Å². The third-order valence-electron chi connectivity index (χ3n) is 6.93. The maximum absolute atomic E-state index is 13.4. The van der Waals surface area contributed by atoms with Crippen LogP contribution in [0.4, 0.5) is 5.69 Å². The fraction of sp³-hybridized carbons (Fsp3) is 0.125. The number of rotatable bonds is 6. The number of aromatic nitrogens is 3. The van der Waals surface area contributed by atoms with E-state index in [2.05, 4.69) is 44.8 Å². The predicted molar refractivity (Wildman–Crippen MR) is 153 cm³/mol. The van der Waals surface area contributed by atoms with Crippen LogP contribution < -0.4 is 15.0 Å². The summed E-state index contributed by atoms with van der Waals surface area (Å²) in [6.45, 7) is -0.0108. The van der Waals surface area contributed by atoms with Gasteiger partial charge in [0, 0.05) is 13.5 Å². The van der Waals surface area contributed by atoms with Gasteiger partial charge in [-0.05, 0) is 39.9 Å². The molecule has 0 radical (unpaired) electrons. The summed E-state index contributed by atoms with van der Waals surface area (Å²) in [5.74, 6) is 0.266. The standard InChI is InChI=1S/C32H27N5O3/c1-37-27-19-23(25-15-9-8-14-24(25)22-12-6-3-7-13-22)16-17-28(27)40-20-26(32(37)39)33-31(38)30-34-29(35-36-30)18-21-10-4-2-5-11-21/h2-17,19,26H,18,20H2,1H3,(H,33,38)(H,34,35,36)/t26-/m0/s1. The van der Waals surface area contributed by atoms with Gasteiger partial charge in [0.1, 0.15) is 24.2 Å². The summed E-state index contributed by atoms with van der Waals surface area (Å²) in [7, 11) is 1.69. The fourth-order valence-corrected chi connectivity index (χ4v) is 4.86. The predicted octanol–water partition coefficient (Wildman–Crippen LogP) is 4.88. The molecule has 1 atom stereocenters. The molecule has 40 heavy (non-hydrogen) atoms. The monoisotopic (exact) mass is 529 g/mol. The molecular weight excluding hydrogens is 502 g/mol. The highest BCUT2D eigenvalue weighted by Crippen LogP contribution is 2.38. The maximum atomic E-state index is 13.4. The Kier molecular flexibility index (Phi) is 6.80. The van der Waals surface area contributed by atoms with Crippen LogP contribution in [0.5, 0.6) is 5.75 Å². The molecule has 0 unspecified atom stereocenters. The maximum Gasteiger partial charge on any atom is 0.291 e. The zero-order valence-corrected chi connectivity index (χ0v) is 21.9. The first-order chi connectivity index (χ1) is 19.6. The lowest BCUT2D eigenvalue weighted by atomic mass is 9.94. The Bertz CT molecular complexity index is 1670.